The van der Waals surface area contributed by atoms with Gasteiger partial charge in [-0.1, -0.05) is 41.9 Å². The van der Waals surface area contributed by atoms with Crippen molar-refractivity contribution < 1.29 is 22.1 Å². The summed E-state index contributed by atoms with van der Waals surface area (Å²) in [4.78, 5) is 12.6. The molecule has 3 rings (SSSR count). The van der Waals surface area contributed by atoms with Crippen LogP contribution in [0.5, 0.6) is 5.75 Å². The van der Waals surface area contributed by atoms with E-state index in [-0.39, 0.29) is 5.75 Å². The largest absolute Gasteiger partial charge is 0.467 e. The highest BCUT2D eigenvalue weighted by Crippen LogP contribution is 2.41. The molecule has 1 N–H and O–H groups in total. The van der Waals surface area contributed by atoms with Crippen LogP contribution in [0, 0.1) is 0 Å². The Hall–Kier alpha value is -2.09. The summed E-state index contributed by atoms with van der Waals surface area (Å²) in [6.07, 6.45) is 0. The van der Waals surface area contributed by atoms with Gasteiger partial charge in [-0.15, -0.1) is 0 Å². The van der Waals surface area contributed by atoms with Gasteiger partial charge in [0.1, 0.15) is 5.75 Å². The lowest BCUT2D eigenvalue weighted by Crippen LogP contribution is -2.56. The number of para-hydroxylation sites is 1. The number of ether oxygens (including phenoxy) is 1. The summed E-state index contributed by atoms with van der Waals surface area (Å²) >= 11 is 5.89. The number of carbonyl (C=O) groups is 1. The van der Waals surface area contributed by atoms with E-state index in [4.69, 9.17) is 20.5 Å². The van der Waals surface area contributed by atoms with Crippen molar-refractivity contribution in [3.05, 3.63) is 64.7 Å². The molecule has 0 saturated carbocycles. The fraction of sp³-hybridized carbons (Fsp3) is 0.133. The zero-order chi connectivity index (χ0) is 16.7. The SMILES string of the molecule is COC(=O)[C@]1(c2ccc(Cl)cc2)NS(=O)(=O)Oc2ccccc21. The van der Waals surface area contributed by atoms with Crippen LogP contribution in [0.15, 0.2) is 48.5 Å². The van der Waals surface area contributed by atoms with Gasteiger partial charge in [0, 0.05) is 10.6 Å². The molecule has 8 heteroatoms. The van der Waals surface area contributed by atoms with E-state index in [1.807, 2.05) is 0 Å². The lowest BCUT2D eigenvalue weighted by atomic mass is 9.83. The molecule has 0 saturated heterocycles. The number of fused-ring (bicyclic) bond motifs is 1. The fourth-order valence-corrected chi connectivity index (χ4v) is 3.80. The van der Waals surface area contributed by atoms with Gasteiger partial charge in [0.15, 0.2) is 5.54 Å². The monoisotopic (exact) mass is 353 g/mol. The Morgan fingerprint density at radius 2 is 1.83 bits per heavy atom. The van der Waals surface area contributed by atoms with Gasteiger partial charge in [-0.05, 0) is 23.8 Å². The summed E-state index contributed by atoms with van der Waals surface area (Å²) < 4.78 is 36.3. The number of nitrogens with one attached hydrogen (secondary N) is 1. The molecule has 2 aromatic carbocycles. The lowest BCUT2D eigenvalue weighted by Gasteiger charge is -2.36. The van der Waals surface area contributed by atoms with E-state index < -0.39 is 21.8 Å². The third-order valence-corrected chi connectivity index (χ3v) is 4.74. The second kappa shape index (κ2) is 5.52. The highest BCUT2D eigenvalue weighted by molar-refractivity contribution is 7.85. The third-order valence-electron chi connectivity index (χ3n) is 3.54. The second-order valence-electron chi connectivity index (χ2n) is 4.88. The maximum Gasteiger partial charge on any atom is 0.384 e. The first kappa shape index (κ1) is 15.8. The van der Waals surface area contributed by atoms with E-state index in [1.54, 1.807) is 42.5 Å². The normalized spacial score (nSPS) is 21.8. The molecule has 2 aromatic rings. The molecule has 1 atom stereocenters. The van der Waals surface area contributed by atoms with Crippen LogP contribution >= 0.6 is 11.6 Å². The first-order chi connectivity index (χ1) is 10.9. The van der Waals surface area contributed by atoms with Gasteiger partial charge in [-0.25, -0.2) is 4.79 Å². The van der Waals surface area contributed by atoms with Crippen molar-refractivity contribution in [3.63, 3.8) is 0 Å². The second-order valence-corrected chi connectivity index (χ2v) is 6.60. The van der Waals surface area contributed by atoms with E-state index in [1.165, 1.54) is 13.2 Å². The van der Waals surface area contributed by atoms with Gasteiger partial charge in [-0.3, -0.25) is 0 Å². The van der Waals surface area contributed by atoms with Crippen LogP contribution < -0.4 is 8.91 Å². The van der Waals surface area contributed by atoms with Gasteiger partial charge in [0.2, 0.25) is 0 Å². The Bertz CT molecular complexity index is 866. The number of methoxy groups -OCH3 is 1. The highest BCUT2D eigenvalue weighted by atomic mass is 35.5. The molecular formula is C15H12ClNO5S. The maximum absolute atomic E-state index is 12.6. The van der Waals surface area contributed by atoms with E-state index in [9.17, 15) is 13.2 Å². The Morgan fingerprint density at radius 1 is 1.17 bits per heavy atom. The molecule has 23 heavy (non-hydrogen) atoms. The molecule has 6 nitrogen and oxygen atoms in total. The van der Waals surface area contributed by atoms with Gasteiger partial charge in [-0.2, -0.15) is 13.1 Å². The average molecular weight is 354 g/mol. The number of rotatable bonds is 2. The summed E-state index contributed by atoms with van der Waals surface area (Å²) in [6, 6.07) is 12.6. The minimum atomic E-state index is -4.20. The summed E-state index contributed by atoms with van der Waals surface area (Å²) in [7, 11) is -3.01. The van der Waals surface area contributed by atoms with Crippen molar-refractivity contribution in [2.45, 2.75) is 5.54 Å². The van der Waals surface area contributed by atoms with Crippen LogP contribution in [0.25, 0.3) is 0 Å². The van der Waals surface area contributed by atoms with E-state index >= 15 is 0 Å². The Labute approximate surface area is 138 Å². The van der Waals surface area contributed by atoms with Crippen molar-refractivity contribution in [1.82, 2.24) is 4.72 Å². The molecule has 0 aliphatic carbocycles. The van der Waals surface area contributed by atoms with Crippen molar-refractivity contribution in [1.29, 1.82) is 0 Å². The van der Waals surface area contributed by atoms with Crippen LogP contribution in [0.2, 0.25) is 5.02 Å². The standard InChI is InChI=1S/C15H12ClNO5S/c1-21-14(18)15(10-6-8-11(16)9-7-10)12-4-2-3-5-13(12)22-23(19,20)17-15/h2-9,17H,1H3/t15-/m1/s1. The zero-order valence-corrected chi connectivity index (χ0v) is 13.5. The summed E-state index contributed by atoms with van der Waals surface area (Å²) in [5, 5.41) is 0.456. The Kier molecular flexibility index (Phi) is 3.79. The molecule has 0 radical (unpaired) electrons. The Morgan fingerprint density at radius 3 is 2.48 bits per heavy atom. The quantitative estimate of drug-likeness (QED) is 0.835. The average Bonchev–Trinajstić information content (AvgIpc) is 2.53. The number of hydrogen-bond donors (Lipinski definition) is 1. The van der Waals surface area contributed by atoms with Crippen LogP contribution in [-0.2, 0) is 25.4 Å². The molecule has 0 amide bonds. The molecule has 1 aliphatic heterocycles. The molecule has 1 aliphatic rings. The third kappa shape index (κ3) is 2.56. The topological polar surface area (TPSA) is 81.7 Å². The van der Waals surface area contributed by atoms with Gasteiger partial charge < -0.3 is 8.92 Å². The first-order valence-corrected chi connectivity index (χ1v) is 8.35. The fourth-order valence-electron chi connectivity index (χ4n) is 2.57. The lowest BCUT2D eigenvalue weighted by molar-refractivity contribution is -0.146. The molecule has 0 aromatic heterocycles. The van der Waals surface area contributed by atoms with Crippen molar-refractivity contribution in [3.8, 4) is 5.75 Å². The van der Waals surface area contributed by atoms with E-state index in [2.05, 4.69) is 4.72 Å². The van der Waals surface area contributed by atoms with Gasteiger partial charge >= 0.3 is 16.3 Å². The molecule has 0 unspecified atom stereocenters. The Balaban J connectivity index is 2.36. The minimum Gasteiger partial charge on any atom is -0.467 e. The van der Waals surface area contributed by atoms with Crippen LogP contribution in [0.3, 0.4) is 0 Å². The number of benzene rings is 2. The highest BCUT2D eigenvalue weighted by Gasteiger charge is 2.52. The minimum absolute atomic E-state index is 0.0617. The van der Waals surface area contributed by atoms with E-state index in [0.717, 1.165) is 0 Å². The zero-order valence-electron chi connectivity index (χ0n) is 11.9. The van der Waals surface area contributed by atoms with Gasteiger partial charge in [0.25, 0.3) is 0 Å². The summed E-state index contributed by atoms with van der Waals surface area (Å²) in [5.74, 6) is -0.717. The number of esters is 1. The molecular weight excluding hydrogens is 342 g/mol. The van der Waals surface area contributed by atoms with Crippen molar-refractivity contribution >= 4 is 27.9 Å². The van der Waals surface area contributed by atoms with Crippen LogP contribution in [0.4, 0.5) is 0 Å². The molecule has 120 valence electrons. The number of halogens is 1. The first-order valence-electron chi connectivity index (χ1n) is 6.56. The summed E-state index contributed by atoms with van der Waals surface area (Å²) in [5.41, 5.74) is -1.04. The molecule has 0 fully saturated rings. The molecule has 0 bridgehead atoms. The van der Waals surface area contributed by atoms with Crippen molar-refractivity contribution in [2.24, 2.45) is 0 Å². The van der Waals surface area contributed by atoms with Crippen LogP contribution in [0.1, 0.15) is 11.1 Å². The maximum atomic E-state index is 12.6. The van der Waals surface area contributed by atoms with Crippen LogP contribution in [-0.4, -0.2) is 21.5 Å². The van der Waals surface area contributed by atoms with Crippen molar-refractivity contribution in [2.75, 3.05) is 7.11 Å². The number of carbonyl (C=O) groups excluding carboxylic acids is 1. The predicted octanol–water partition coefficient (Wildman–Crippen LogP) is 1.98. The summed E-state index contributed by atoms with van der Waals surface area (Å²) in [6.45, 7) is 0. The predicted molar refractivity (Wildman–Crippen MR) is 83.4 cm³/mol. The smallest absolute Gasteiger partial charge is 0.384 e. The van der Waals surface area contributed by atoms with E-state index in [0.29, 0.717) is 16.1 Å². The molecule has 0 spiro atoms. The van der Waals surface area contributed by atoms with Gasteiger partial charge in [0.05, 0.1) is 7.11 Å². The number of hydrogen-bond acceptors (Lipinski definition) is 5. The molecule has 1 heterocycles.